The Morgan fingerprint density at radius 2 is 2.00 bits per heavy atom. The van der Waals surface area contributed by atoms with Crippen molar-refractivity contribution in [2.75, 3.05) is 27.2 Å². The Morgan fingerprint density at radius 1 is 1.33 bits per heavy atom. The Morgan fingerprint density at radius 3 is 2.53 bits per heavy atom. The van der Waals surface area contributed by atoms with Crippen LogP contribution in [0.25, 0.3) is 0 Å². The maximum Gasteiger partial charge on any atom is 0.281 e. The second-order valence-electron chi connectivity index (χ2n) is 4.14. The van der Waals surface area contributed by atoms with Crippen molar-refractivity contribution in [2.24, 2.45) is 5.73 Å². The number of hydrogen-bond acceptors (Lipinski definition) is 3. The van der Waals surface area contributed by atoms with Crippen molar-refractivity contribution in [3.8, 4) is 0 Å². The average Bonchev–Trinajstić information content (AvgIpc) is 2.41. The molecule has 1 unspecified atom stereocenters. The molecule has 1 rings (SSSR count). The first-order valence-electron chi connectivity index (χ1n) is 5.39. The molecule has 0 aliphatic carbocycles. The highest BCUT2D eigenvalue weighted by Gasteiger charge is 2.31. The minimum atomic E-state index is -3.30. The third kappa shape index (κ3) is 2.90. The molecule has 6 heteroatoms. The van der Waals surface area contributed by atoms with E-state index in [-0.39, 0.29) is 6.04 Å². The first-order chi connectivity index (χ1) is 7.00. The zero-order valence-electron chi connectivity index (χ0n) is 9.52. The van der Waals surface area contributed by atoms with E-state index >= 15 is 0 Å². The third-order valence-electron chi connectivity index (χ3n) is 2.85. The van der Waals surface area contributed by atoms with Gasteiger partial charge in [-0.05, 0) is 12.8 Å². The summed E-state index contributed by atoms with van der Waals surface area (Å²) in [4.78, 5) is 0. The summed E-state index contributed by atoms with van der Waals surface area (Å²) in [5.74, 6) is 0. The van der Waals surface area contributed by atoms with Gasteiger partial charge in [-0.2, -0.15) is 17.0 Å². The van der Waals surface area contributed by atoms with Crippen LogP contribution in [-0.2, 0) is 10.2 Å². The lowest BCUT2D eigenvalue weighted by Crippen LogP contribution is -2.48. The molecule has 1 aliphatic rings. The van der Waals surface area contributed by atoms with Crippen LogP contribution in [-0.4, -0.2) is 50.3 Å². The summed E-state index contributed by atoms with van der Waals surface area (Å²) in [5, 5.41) is 0. The molecule has 2 N–H and O–H groups in total. The van der Waals surface area contributed by atoms with E-state index in [0.717, 1.165) is 25.7 Å². The van der Waals surface area contributed by atoms with E-state index in [0.29, 0.717) is 13.1 Å². The zero-order valence-corrected chi connectivity index (χ0v) is 10.3. The quantitative estimate of drug-likeness (QED) is 0.748. The van der Waals surface area contributed by atoms with Crippen LogP contribution in [0.1, 0.15) is 25.7 Å². The van der Waals surface area contributed by atoms with Gasteiger partial charge in [0.15, 0.2) is 0 Å². The molecular formula is C9H21N3O2S. The molecule has 90 valence electrons. The van der Waals surface area contributed by atoms with Crippen LogP contribution in [0.15, 0.2) is 0 Å². The summed E-state index contributed by atoms with van der Waals surface area (Å²) < 4.78 is 26.8. The summed E-state index contributed by atoms with van der Waals surface area (Å²) in [6, 6.07) is -0.0279. The molecule has 0 radical (unpaired) electrons. The largest absolute Gasteiger partial charge is 0.329 e. The lowest BCUT2D eigenvalue weighted by atomic mass is 10.1. The van der Waals surface area contributed by atoms with Gasteiger partial charge >= 0.3 is 0 Å². The Labute approximate surface area is 92.4 Å². The highest BCUT2D eigenvalue weighted by Crippen LogP contribution is 2.20. The Hall–Kier alpha value is -0.170. The van der Waals surface area contributed by atoms with Gasteiger partial charge in [0.1, 0.15) is 0 Å². The van der Waals surface area contributed by atoms with Crippen LogP contribution in [0.5, 0.6) is 0 Å². The second-order valence-corrected chi connectivity index (χ2v) is 6.23. The highest BCUT2D eigenvalue weighted by molar-refractivity contribution is 7.86. The van der Waals surface area contributed by atoms with Gasteiger partial charge in [-0.3, -0.25) is 0 Å². The molecule has 5 nitrogen and oxygen atoms in total. The molecule has 15 heavy (non-hydrogen) atoms. The van der Waals surface area contributed by atoms with E-state index in [1.54, 1.807) is 18.4 Å². The fourth-order valence-corrected chi connectivity index (χ4v) is 3.25. The maximum atomic E-state index is 12.0. The van der Waals surface area contributed by atoms with Gasteiger partial charge < -0.3 is 5.73 Å². The van der Waals surface area contributed by atoms with E-state index < -0.39 is 10.2 Å². The number of rotatable bonds is 3. The van der Waals surface area contributed by atoms with Gasteiger partial charge in [-0.15, -0.1) is 0 Å². The van der Waals surface area contributed by atoms with Crippen molar-refractivity contribution < 1.29 is 8.42 Å². The zero-order chi connectivity index (χ0) is 11.5. The SMILES string of the molecule is CN(C)S(=O)(=O)N1CCCCCC1CN. The van der Waals surface area contributed by atoms with Crippen molar-refractivity contribution in [3.05, 3.63) is 0 Å². The van der Waals surface area contributed by atoms with Crippen molar-refractivity contribution in [1.29, 1.82) is 0 Å². The first kappa shape index (κ1) is 12.9. The van der Waals surface area contributed by atoms with E-state index in [4.69, 9.17) is 5.73 Å². The molecular weight excluding hydrogens is 214 g/mol. The minimum absolute atomic E-state index is 0.0279. The lowest BCUT2D eigenvalue weighted by molar-refractivity contribution is 0.307. The van der Waals surface area contributed by atoms with E-state index in [1.165, 1.54) is 4.31 Å². The molecule has 1 fully saturated rings. The van der Waals surface area contributed by atoms with E-state index in [9.17, 15) is 8.42 Å². The van der Waals surface area contributed by atoms with Gasteiger partial charge in [-0.1, -0.05) is 12.8 Å². The average molecular weight is 235 g/mol. The summed E-state index contributed by atoms with van der Waals surface area (Å²) in [6.45, 7) is 1.01. The Bertz CT molecular complexity index is 290. The standard InChI is InChI=1S/C9H21N3O2S/c1-11(2)15(13,14)12-7-5-3-4-6-9(12)8-10/h9H,3-8,10H2,1-2H3. The molecule has 0 saturated carbocycles. The molecule has 0 amide bonds. The Balaban J connectivity index is 2.88. The molecule has 0 spiro atoms. The number of nitrogens with two attached hydrogens (primary N) is 1. The van der Waals surface area contributed by atoms with Crippen LogP contribution < -0.4 is 5.73 Å². The molecule has 0 bridgehead atoms. The number of nitrogens with zero attached hydrogens (tertiary/aromatic N) is 2. The lowest BCUT2D eigenvalue weighted by Gasteiger charge is -2.30. The first-order valence-corrected chi connectivity index (χ1v) is 6.79. The maximum absolute atomic E-state index is 12.0. The summed E-state index contributed by atoms with van der Waals surface area (Å²) in [5.41, 5.74) is 5.64. The van der Waals surface area contributed by atoms with Crippen molar-refractivity contribution in [2.45, 2.75) is 31.7 Å². The molecule has 0 aromatic carbocycles. The second kappa shape index (κ2) is 5.25. The van der Waals surface area contributed by atoms with Crippen LogP contribution >= 0.6 is 0 Å². The van der Waals surface area contributed by atoms with Gasteiger partial charge in [-0.25, -0.2) is 0 Å². The molecule has 1 heterocycles. The van der Waals surface area contributed by atoms with Crippen molar-refractivity contribution >= 4 is 10.2 Å². The Kier molecular flexibility index (Phi) is 4.51. The van der Waals surface area contributed by atoms with Crippen LogP contribution in [0.4, 0.5) is 0 Å². The highest BCUT2D eigenvalue weighted by atomic mass is 32.2. The predicted molar refractivity (Wildman–Crippen MR) is 60.6 cm³/mol. The van der Waals surface area contributed by atoms with Crippen molar-refractivity contribution in [1.82, 2.24) is 8.61 Å². The molecule has 1 atom stereocenters. The monoisotopic (exact) mass is 235 g/mol. The predicted octanol–water partition coefficient (Wildman–Crippen LogP) is -0.00390. The van der Waals surface area contributed by atoms with Gasteiger partial charge in [0.2, 0.25) is 0 Å². The minimum Gasteiger partial charge on any atom is -0.329 e. The third-order valence-corrected chi connectivity index (χ3v) is 4.85. The summed E-state index contributed by atoms with van der Waals surface area (Å²) in [6.07, 6.45) is 3.98. The van der Waals surface area contributed by atoms with E-state index in [1.807, 2.05) is 0 Å². The molecule has 1 aliphatic heterocycles. The fourth-order valence-electron chi connectivity index (χ4n) is 1.90. The molecule has 1 saturated heterocycles. The smallest absolute Gasteiger partial charge is 0.281 e. The van der Waals surface area contributed by atoms with Gasteiger partial charge in [0.25, 0.3) is 10.2 Å². The molecule has 0 aromatic rings. The van der Waals surface area contributed by atoms with E-state index in [2.05, 4.69) is 0 Å². The van der Waals surface area contributed by atoms with Crippen molar-refractivity contribution in [3.63, 3.8) is 0 Å². The molecule has 0 aromatic heterocycles. The van der Waals surface area contributed by atoms with Gasteiger partial charge in [0, 0.05) is 33.2 Å². The normalized spacial score (nSPS) is 25.5. The van der Waals surface area contributed by atoms with Gasteiger partial charge in [0.05, 0.1) is 0 Å². The summed E-state index contributed by atoms with van der Waals surface area (Å²) >= 11 is 0. The fraction of sp³-hybridized carbons (Fsp3) is 1.00. The topological polar surface area (TPSA) is 66.6 Å². The van der Waals surface area contributed by atoms with Crippen LogP contribution in [0.2, 0.25) is 0 Å². The summed E-state index contributed by atoms with van der Waals surface area (Å²) in [7, 11) is -0.171. The number of hydrogen-bond donors (Lipinski definition) is 1. The van der Waals surface area contributed by atoms with Crippen LogP contribution in [0, 0.1) is 0 Å². The van der Waals surface area contributed by atoms with Crippen LogP contribution in [0.3, 0.4) is 0 Å².